The molecule has 1 aliphatic heterocycles. The van der Waals surface area contributed by atoms with Crippen molar-refractivity contribution in [3.8, 4) is 0 Å². The number of nitrogens with two attached hydrogens (primary N) is 1. The number of anilines is 3. The van der Waals surface area contributed by atoms with Crippen LogP contribution in [0.4, 0.5) is 30.2 Å². The summed E-state index contributed by atoms with van der Waals surface area (Å²) in [5, 5.41) is 8.96. The number of nitrogen functional groups attached to an aromatic ring is 1. The normalized spacial score (nSPS) is 16.5. The second-order valence-corrected chi connectivity index (χ2v) is 8.38. The van der Waals surface area contributed by atoms with Crippen molar-refractivity contribution in [1.82, 2.24) is 4.57 Å². The van der Waals surface area contributed by atoms with E-state index in [1.54, 1.807) is 12.1 Å². The van der Waals surface area contributed by atoms with Crippen molar-refractivity contribution < 1.29 is 23.1 Å². The number of aromatic carboxylic acids is 1. The third kappa shape index (κ3) is 3.46. The molecular weight excluding hydrogens is 437 g/mol. The molecule has 1 saturated heterocycles. The van der Waals surface area contributed by atoms with Gasteiger partial charge >= 0.3 is 5.97 Å². The van der Waals surface area contributed by atoms with Crippen LogP contribution in [0.25, 0.3) is 10.9 Å². The largest absolute Gasteiger partial charge is 0.477 e. The predicted molar refractivity (Wildman–Crippen MR) is 119 cm³/mol. The van der Waals surface area contributed by atoms with Gasteiger partial charge in [0.25, 0.3) is 0 Å². The Morgan fingerprint density at radius 3 is 2.15 bits per heavy atom. The molecule has 0 atom stereocenters. The average Bonchev–Trinajstić information content (AvgIpc) is 3.63. The van der Waals surface area contributed by atoms with Gasteiger partial charge in [-0.2, -0.15) is 0 Å². The molecule has 0 spiro atoms. The van der Waals surface area contributed by atoms with E-state index in [9.17, 15) is 19.1 Å². The van der Waals surface area contributed by atoms with Crippen LogP contribution in [0.2, 0.25) is 0 Å². The Morgan fingerprint density at radius 2 is 1.58 bits per heavy atom. The maximum atomic E-state index is 15.8. The molecule has 5 rings (SSSR count). The molecule has 3 aromatic rings. The number of hydrogen-bond acceptors (Lipinski definition) is 5. The Balaban J connectivity index is 1.58. The molecule has 1 aliphatic carbocycles. The lowest BCUT2D eigenvalue weighted by molar-refractivity contribution is 0.0695. The number of rotatable bonds is 4. The molecule has 1 aromatic heterocycles. The van der Waals surface area contributed by atoms with Gasteiger partial charge in [0.2, 0.25) is 5.43 Å². The molecule has 0 amide bonds. The van der Waals surface area contributed by atoms with Crippen molar-refractivity contribution in [2.75, 3.05) is 41.7 Å². The zero-order valence-corrected chi connectivity index (χ0v) is 17.5. The fourth-order valence-electron chi connectivity index (χ4n) is 4.46. The summed E-state index contributed by atoms with van der Waals surface area (Å²) in [6.07, 6.45) is 2.51. The molecule has 10 heteroatoms. The minimum atomic E-state index is -1.47. The molecule has 2 heterocycles. The fourth-order valence-corrected chi connectivity index (χ4v) is 4.46. The molecule has 0 unspecified atom stereocenters. The van der Waals surface area contributed by atoms with E-state index in [0.717, 1.165) is 11.9 Å². The highest BCUT2D eigenvalue weighted by atomic mass is 19.1. The van der Waals surface area contributed by atoms with Crippen LogP contribution in [-0.2, 0) is 0 Å². The summed E-state index contributed by atoms with van der Waals surface area (Å²) in [5.74, 6) is -3.82. The predicted octanol–water partition coefficient (Wildman–Crippen LogP) is 3.36. The van der Waals surface area contributed by atoms with E-state index in [1.165, 1.54) is 21.6 Å². The summed E-state index contributed by atoms with van der Waals surface area (Å²) in [5.41, 5.74) is 4.16. The van der Waals surface area contributed by atoms with Gasteiger partial charge in [-0.05, 0) is 37.1 Å². The number of piperazine rings is 1. The van der Waals surface area contributed by atoms with Gasteiger partial charge in [0, 0.05) is 44.1 Å². The lowest BCUT2D eigenvalue weighted by Crippen LogP contribution is -2.47. The molecule has 1 saturated carbocycles. The van der Waals surface area contributed by atoms with Crippen LogP contribution in [0.15, 0.2) is 35.3 Å². The summed E-state index contributed by atoms with van der Waals surface area (Å²) >= 11 is 0. The maximum Gasteiger partial charge on any atom is 0.341 e. The first-order valence-corrected chi connectivity index (χ1v) is 10.6. The van der Waals surface area contributed by atoms with Crippen molar-refractivity contribution in [3.63, 3.8) is 0 Å². The van der Waals surface area contributed by atoms with Gasteiger partial charge in [-0.3, -0.25) is 4.79 Å². The van der Waals surface area contributed by atoms with Crippen molar-refractivity contribution in [2.24, 2.45) is 0 Å². The molecule has 33 heavy (non-hydrogen) atoms. The summed E-state index contributed by atoms with van der Waals surface area (Å²) in [4.78, 5) is 27.8. The first-order valence-electron chi connectivity index (χ1n) is 10.6. The summed E-state index contributed by atoms with van der Waals surface area (Å²) in [6.45, 7) is 1.43. The van der Waals surface area contributed by atoms with Crippen LogP contribution < -0.4 is 21.0 Å². The number of benzene rings is 2. The van der Waals surface area contributed by atoms with Gasteiger partial charge in [0.1, 0.15) is 17.1 Å². The zero-order valence-electron chi connectivity index (χ0n) is 17.5. The van der Waals surface area contributed by atoms with Crippen LogP contribution in [0.5, 0.6) is 0 Å². The van der Waals surface area contributed by atoms with Crippen LogP contribution in [0.3, 0.4) is 0 Å². The lowest BCUT2D eigenvalue weighted by atomic mass is 10.1. The van der Waals surface area contributed by atoms with Gasteiger partial charge in [0.15, 0.2) is 11.6 Å². The SMILES string of the molecule is Nc1c(F)c(N2CCN(c3ccc(F)cc3)CC2)c(F)c2c1c(=O)c(C(=O)O)cn2C1CC1. The third-order valence-electron chi connectivity index (χ3n) is 6.32. The van der Waals surface area contributed by atoms with Gasteiger partial charge in [0.05, 0.1) is 16.6 Å². The number of hydrogen-bond donors (Lipinski definition) is 2. The van der Waals surface area contributed by atoms with Crippen LogP contribution in [0.1, 0.15) is 29.2 Å². The van der Waals surface area contributed by atoms with Crippen LogP contribution in [-0.4, -0.2) is 41.8 Å². The maximum absolute atomic E-state index is 15.8. The van der Waals surface area contributed by atoms with E-state index in [1.807, 2.05) is 4.90 Å². The molecule has 0 bridgehead atoms. The van der Waals surface area contributed by atoms with Crippen molar-refractivity contribution >= 4 is 33.9 Å². The number of carboxylic acids is 1. The minimum absolute atomic E-state index is 0.164. The number of nitrogens with zero attached hydrogens (tertiary/aromatic N) is 3. The Morgan fingerprint density at radius 1 is 0.970 bits per heavy atom. The molecule has 2 aliphatic rings. The first kappa shape index (κ1) is 21.2. The van der Waals surface area contributed by atoms with Crippen molar-refractivity contribution in [1.29, 1.82) is 0 Å². The Bertz CT molecular complexity index is 1330. The van der Waals surface area contributed by atoms with Gasteiger partial charge in [-0.1, -0.05) is 0 Å². The topological polar surface area (TPSA) is 91.8 Å². The molecular formula is C23H21F3N4O3. The van der Waals surface area contributed by atoms with Gasteiger partial charge < -0.3 is 25.2 Å². The molecule has 0 radical (unpaired) electrons. The highest BCUT2D eigenvalue weighted by molar-refractivity contribution is 5.99. The second-order valence-electron chi connectivity index (χ2n) is 8.38. The molecule has 172 valence electrons. The highest BCUT2D eigenvalue weighted by Crippen LogP contribution is 2.41. The average molecular weight is 458 g/mol. The lowest BCUT2D eigenvalue weighted by Gasteiger charge is -2.38. The number of pyridine rings is 1. The van der Waals surface area contributed by atoms with E-state index >= 15 is 8.78 Å². The van der Waals surface area contributed by atoms with Crippen molar-refractivity contribution in [3.05, 3.63) is 63.7 Å². The monoisotopic (exact) mass is 458 g/mol. The van der Waals surface area contributed by atoms with Crippen LogP contribution >= 0.6 is 0 Å². The quantitative estimate of drug-likeness (QED) is 0.583. The number of aromatic nitrogens is 1. The number of halogens is 3. The number of fused-ring (bicyclic) bond motifs is 1. The number of carbonyl (C=O) groups is 1. The van der Waals surface area contributed by atoms with Gasteiger partial charge in [-0.15, -0.1) is 0 Å². The number of carboxylic acid groups (broad SMARTS) is 1. The third-order valence-corrected chi connectivity index (χ3v) is 6.32. The summed E-state index contributed by atoms with van der Waals surface area (Å²) in [7, 11) is 0. The molecule has 2 aromatic carbocycles. The molecule has 3 N–H and O–H groups in total. The van der Waals surface area contributed by atoms with E-state index in [0.29, 0.717) is 25.9 Å². The minimum Gasteiger partial charge on any atom is -0.477 e. The van der Waals surface area contributed by atoms with Crippen LogP contribution in [0, 0.1) is 17.5 Å². The summed E-state index contributed by atoms with van der Waals surface area (Å²) < 4.78 is 45.8. The highest BCUT2D eigenvalue weighted by Gasteiger charge is 2.33. The van der Waals surface area contributed by atoms with E-state index in [2.05, 4.69) is 0 Å². The first-order chi connectivity index (χ1) is 15.8. The Hall–Kier alpha value is -3.69. The molecule has 7 nitrogen and oxygen atoms in total. The molecule has 2 fully saturated rings. The standard InChI is InChI=1S/C23H21F3N4O3/c24-12-1-3-13(4-2-12)28-7-9-29(10-8-28)21-17(25)19(27)16-20(18(21)26)30(14-5-6-14)11-15(22(16)31)23(32)33/h1-4,11,14H,5-10,27H2,(H,32,33). The fraction of sp³-hybridized carbons (Fsp3) is 0.304. The Labute approximate surface area is 186 Å². The zero-order chi connectivity index (χ0) is 23.4. The van der Waals surface area contributed by atoms with E-state index < -0.39 is 39.7 Å². The van der Waals surface area contributed by atoms with Crippen molar-refractivity contribution in [2.45, 2.75) is 18.9 Å². The Kier molecular flexibility index (Phi) is 4.95. The second kappa shape index (κ2) is 7.72. The summed E-state index contributed by atoms with van der Waals surface area (Å²) in [6, 6.07) is 5.83. The van der Waals surface area contributed by atoms with E-state index in [-0.39, 0.29) is 36.2 Å². The van der Waals surface area contributed by atoms with Gasteiger partial charge in [-0.25, -0.2) is 18.0 Å². The smallest absolute Gasteiger partial charge is 0.341 e. The van der Waals surface area contributed by atoms with E-state index in [4.69, 9.17) is 5.73 Å².